The van der Waals surface area contributed by atoms with Crippen molar-refractivity contribution in [2.24, 2.45) is 28.4 Å². The number of allylic oxidation sites excluding steroid dienone is 2. The molecule has 0 aliphatic heterocycles. The van der Waals surface area contributed by atoms with Gasteiger partial charge in [-0.3, -0.25) is 0 Å². The van der Waals surface area contributed by atoms with E-state index in [0.29, 0.717) is 16.7 Å². The van der Waals surface area contributed by atoms with Gasteiger partial charge in [0.1, 0.15) is 0 Å². The number of rotatable bonds is 7. The van der Waals surface area contributed by atoms with Crippen LogP contribution in [-0.4, -0.2) is 6.54 Å². The number of nitrogens with two attached hydrogens (primary N) is 1. The molecule has 2 aliphatic rings. The zero-order valence-corrected chi connectivity index (χ0v) is 15.4. The molecule has 0 spiro atoms. The minimum Gasteiger partial charge on any atom is -0.330 e. The van der Waals surface area contributed by atoms with Gasteiger partial charge in [0.25, 0.3) is 0 Å². The van der Waals surface area contributed by atoms with Crippen molar-refractivity contribution in [2.75, 3.05) is 6.54 Å². The van der Waals surface area contributed by atoms with Crippen LogP contribution in [-0.2, 0) is 0 Å². The van der Waals surface area contributed by atoms with E-state index >= 15 is 0 Å². The van der Waals surface area contributed by atoms with Gasteiger partial charge in [0, 0.05) is 0 Å². The quantitative estimate of drug-likeness (QED) is 0.586. The van der Waals surface area contributed by atoms with Crippen LogP contribution in [0.1, 0.15) is 79.1 Å². The molecule has 0 amide bonds. The van der Waals surface area contributed by atoms with E-state index in [4.69, 9.17) is 5.73 Å². The second kappa shape index (κ2) is 6.91. The molecule has 1 nitrogen and oxygen atoms in total. The second-order valence-corrected chi connectivity index (χ2v) is 8.57. The van der Waals surface area contributed by atoms with E-state index in [2.05, 4.69) is 40.3 Å². The summed E-state index contributed by atoms with van der Waals surface area (Å²) >= 11 is 0. The maximum absolute atomic E-state index is 5.92. The smallest absolute Gasteiger partial charge is 0.00397 e. The third-order valence-corrected chi connectivity index (χ3v) is 6.51. The average molecular weight is 304 g/mol. The van der Waals surface area contributed by atoms with Crippen molar-refractivity contribution in [3.8, 4) is 0 Å². The van der Waals surface area contributed by atoms with Gasteiger partial charge < -0.3 is 5.73 Å². The molecule has 2 rings (SSSR count). The highest BCUT2D eigenvalue weighted by molar-refractivity contribution is 5.31. The van der Waals surface area contributed by atoms with Gasteiger partial charge in [0.2, 0.25) is 0 Å². The Bertz CT molecular complexity index is 433. The summed E-state index contributed by atoms with van der Waals surface area (Å²) in [7, 11) is 0. The molecule has 1 heteroatoms. The normalized spacial score (nSPS) is 35.5. The van der Waals surface area contributed by atoms with Gasteiger partial charge in [-0.05, 0) is 74.2 Å². The highest BCUT2D eigenvalue weighted by Crippen LogP contribution is 2.60. The third kappa shape index (κ3) is 3.35. The molecule has 1 fully saturated rings. The maximum Gasteiger partial charge on any atom is -0.00397 e. The lowest BCUT2D eigenvalue weighted by atomic mass is 9.65. The highest BCUT2D eigenvalue weighted by atomic mass is 14.6. The van der Waals surface area contributed by atoms with Crippen LogP contribution in [0, 0.1) is 22.7 Å². The molecule has 0 aromatic heterocycles. The predicted molar refractivity (Wildman–Crippen MR) is 97.8 cm³/mol. The molecule has 0 radical (unpaired) electrons. The lowest BCUT2D eigenvalue weighted by Gasteiger charge is -2.39. The molecule has 0 aromatic carbocycles. The Morgan fingerprint density at radius 2 is 2.14 bits per heavy atom. The van der Waals surface area contributed by atoms with E-state index in [1.807, 2.05) is 0 Å². The Balaban J connectivity index is 2.34. The summed E-state index contributed by atoms with van der Waals surface area (Å²) in [6.45, 7) is 14.8. The molecule has 0 saturated heterocycles. The van der Waals surface area contributed by atoms with Gasteiger partial charge in [-0.1, -0.05) is 57.9 Å². The van der Waals surface area contributed by atoms with Crippen molar-refractivity contribution in [3.05, 3.63) is 23.8 Å². The molecular formula is C21H37N. The first kappa shape index (κ1) is 17.8. The first-order valence-electron chi connectivity index (χ1n) is 9.47. The summed E-state index contributed by atoms with van der Waals surface area (Å²) in [6, 6.07) is 0. The highest BCUT2D eigenvalue weighted by Gasteiger charge is 2.49. The number of hydrogen-bond donors (Lipinski definition) is 1. The standard InChI is InChI=1S/C21H37N/c1-6-20(5)15-21(12-10-16(2)3,14-18(20)11-13-22)19-9-7-8-17(19)4/h14,16,19H,4,6-13,15,22H2,1-3,5H3. The van der Waals surface area contributed by atoms with E-state index in [9.17, 15) is 0 Å². The van der Waals surface area contributed by atoms with Crippen LogP contribution in [0.3, 0.4) is 0 Å². The molecule has 0 heterocycles. The van der Waals surface area contributed by atoms with Crippen LogP contribution >= 0.6 is 0 Å². The van der Waals surface area contributed by atoms with Crippen molar-refractivity contribution in [1.82, 2.24) is 0 Å². The summed E-state index contributed by atoms with van der Waals surface area (Å²) < 4.78 is 0. The summed E-state index contributed by atoms with van der Waals surface area (Å²) in [5.74, 6) is 1.50. The first-order chi connectivity index (χ1) is 10.4. The fourth-order valence-electron chi connectivity index (χ4n) is 5.02. The Hall–Kier alpha value is -0.560. The van der Waals surface area contributed by atoms with Gasteiger partial charge in [-0.25, -0.2) is 0 Å². The molecule has 3 atom stereocenters. The van der Waals surface area contributed by atoms with E-state index in [1.165, 1.54) is 50.5 Å². The van der Waals surface area contributed by atoms with Crippen molar-refractivity contribution in [3.63, 3.8) is 0 Å². The van der Waals surface area contributed by atoms with Gasteiger partial charge in [-0.15, -0.1) is 0 Å². The summed E-state index contributed by atoms with van der Waals surface area (Å²) in [5, 5.41) is 0. The Morgan fingerprint density at radius 1 is 1.41 bits per heavy atom. The van der Waals surface area contributed by atoms with Crippen LogP contribution < -0.4 is 5.73 Å². The maximum atomic E-state index is 5.92. The zero-order chi connectivity index (χ0) is 16.4. The fraction of sp³-hybridized carbons (Fsp3) is 0.810. The topological polar surface area (TPSA) is 26.0 Å². The van der Waals surface area contributed by atoms with Crippen LogP contribution in [0.15, 0.2) is 23.8 Å². The van der Waals surface area contributed by atoms with E-state index in [-0.39, 0.29) is 0 Å². The molecular weight excluding hydrogens is 266 g/mol. The van der Waals surface area contributed by atoms with Crippen molar-refractivity contribution >= 4 is 0 Å². The SMILES string of the molecule is C=C1CCCC1C1(CCC(C)C)C=C(CCN)C(C)(CC)C1. The van der Waals surface area contributed by atoms with Crippen LogP contribution in [0.4, 0.5) is 0 Å². The largest absolute Gasteiger partial charge is 0.330 e. The predicted octanol–water partition coefficient (Wildman–Crippen LogP) is 5.86. The van der Waals surface area contributed by atoms with Crippen LogP contribution in [0.2, 0.25) is 0 Å². The third-order valence-electron chi connectivity index (χ3n) is 6.51. The van der Waals surface area contributed by atoms with Gasteiger partial charge >= 0.3 is 0 Å². The average Bonchev–Trinajstić information content (AvgIpc) is 3.01. The molecule has 1 saturated carbocycles. The molecule has 22 heavy (non-hydrogen) atoms. The number of hydrogen-bond acceptors (Lipinski definition) is 1. The minimum absolute atomic E-state index is 0.360. The molecule has 2 N–H and O–H groups in total. The van der Waals surface area contributed by atoms with Gasteiger partial charge in [0.15, 0.2) is 0 Å². The Morgan fingerprint density at radius 3 is 2.64 bits per heavy atom. The van der Waals surface area contributed by atoms with Crippen molar-refractivity contribution < 1.29 is 0 Å². The fourth-order valence-corrected chi connectivity index (χ4v) is 5.02. The van der Waals surface area contributed by atoms with E-state index in [0.717, 1.165) is 18.9 Å². The first-order valence-corrected chi connectivity index (χ1v) is 9.47. The summed E-state index contributed by atoms with van der Waals surface area (Å²) in [4.78, 5) is 0. The van der Waals surface area contributed by atoms with Crippen LogP contribution in [0.5, 0.6) is 0 Å². The minimum atomic E-state index is 0.360. The van der Waals surface area contributed by atoms with Crippen molar-refractivity contribution in [2.45, 2.75) is 79.1 Å². The van der Waals surface area contributed by atoms with Gasteiger partial charge in [0.05, 0.1) is 0 Å². The summed E-state index contributed by atoms with van der Waals surface area (Å²) in [6.07, 6.45) is 12.9. The molecule has 126 valence electrons. The van der Waals surface area contributed by atoms with E-state index in [1.54, 1.807) is 5.57 Å². The van der Waals surface area contributed by atoms with Gasteiger partial charge in [-0.2, -0.15) is 0 Å². The molecule has 0 aromatic rings. The second-order valence-electron chi connectivity index (χ2n) is 8.57. The monoisotopic (exact) mass is 303 g/mol. The lowest BCUT2D eigenvalue weighted by molar-refractivity contribution is 0.169. The lowest BCUT2D eigenvalue weighted by Crippen LogP contribution is -2.30. The Kier molecular flexibility index (Phi) is 5.59. The molecule has 3 unspecified atom stereocenters. The van der Waals surface area contributed by atoms with Crippen molar-refractivity contribution in [1.29, 1.82) is 0 Å². The summed E-state index contributed by atoms with van der Waals surface area (Å²) in [5.41, 5.74) is 9.81. The van der Waals surface area contributed by atoms with E-state index < -0.39 is 0 Å². The van der Waals surface area contributed by atoms with Crippen LogP contribution in [0.25, 0.3) is 0 Å². The zero-order valence-electron chi connectivity index (χ0n) is 15.4. The molecule has 2 aliphatic carbocycles. The Labute approximate surface area is 138 Å². The molecule has 0 bridgehead atoms.